The summed E-state index contributed by atoms with van der Waals surface area (Å²) < 4.78 is 1.88. The summed E-state index contributed by atoms with van der Waals surface area (Å²) in [6.07, 6.45) is 0. The summed E-state index contributed by atoms with van der Waals surface area (Å²) in [5.74, 6) is -0.297. The Bertz CT molecular complexity index is 1360. The Labute approximate surface area is 167 Å². The summed E-state index contributed by atoms with van der Waals surface area (Å²) in [6.45, 7) is 0.567. The SMILES string of the molecule is O=C1Nc2ccccc2C1=c1sc2n(c1=O)CN(c1ccc([N+](=O)[O-])cc1)CN=2. The molecule has 0 fully saturated rings. The highest BCUT2D eigenvalue weighted by molar-refractivity contribution is 7.07. The number of para-hydroxylation sites is 1. The quantitative estimate of drug-likeness (QED) is 0.504. The van der Waals surface area contributed by atoms with Crippen LogP contribution < -0.4 is 25.1 Å². The lowest BCUT2D eigenvalue weighted by Crippen LogP contribution is -2.43. The van der Waals surface area contributed by atoms with Gasteiger partial charge in [-0.1, -0.05) is 29.5 Å². The number of fused-ring (bicyclic) bond motifs is 2. The number of hydrogen-bond donors (Lipinski definition) is 1. The first-order valence-corrected chi connectivity index (χ1v) is 9.53. The van der Waals surface area contributed by atoms with Gasteiger partial charge in [-0.2, -0.15) is 0 Å². The first-order valence-electron chi connectivity index (χ1n) is 8.71. The van der Waals surface area contributed by atoms with Crippen LogP contribution in [0.1, 0.15) is 5.56 Å². The molecule has 0 radical (unpaired) electrons. The summed E-state index contributed by atoms with van der Waals surface area (Å²) in [5.41, 5.74) is 2.22. The zero-order chi connectivity index (χ0) is 20.1. The van der Waals surface area contributed by atoms with Gasteiger partial charge in [0, 0.05) is 29.1 Å². The number of nitro groups is 1. The van der Waals surface area contributed by atoms with E-state index < -0.39 is 4.92 Å². The molecule has 29 heavy (non-hydrogen) atoms. The van der Waals surface area contributed by atoms with Crippen LogP contribution in [0.3, 0.4) is 0 Å². The van der Waals surface area contributed by atoms with E-state index in [4.69, 9.17) is 0 Å². The highest BCUT2D eigenvalue weighted by atomic mass is 32.1. The van der Waals surface area contributed by atoms with E-state index in [1.807, 2.05) is 23.1 Å². The fraction of sp³-hybridized carbons (Fsp3) is 0.105. The van der Waals surface area contributed by atoms with E-state index >= 15 is 0 Å². The van der Waals surface area contributed by atoms with Crippen molar-refractivity contribution in [2.24, 2.45) is 4.99 Å². The maximum Gasteiger partial charge on any atom is 0.272 e. The van der Waals surface area contributed by atoms with Crippen LogP contribution in [0.5, 0.6) is 0 Å². The van der Waals surface area contributed by atoms with E-state index in [0.717, 1.165) is 5.69 Å². The van der Waals surface area contributed by atoms with Gasteiger partial charge < -0.3 is 10.2 Å². The van der Waals surface area contributed by atoms with Gasteiger partial charge in [0.1, 0.15) is 17.9 Å². The van der Waals surface area contributed by atoms with Crippen LogP contribution >= 0.6 is 11.3 Å². The molecule has 1 amide bonds. The lowest BCUT2D eigenvalue weighted by molar-refractivity contribution is -0.384. The van der Waals surface area contributed by atoms with Crippen molar-refractivity contribution in [3.63, 3.8) is 0 Å². The Balaban J connectivity index is 1.58. The molecule has 0 atom stereocenters. The average molecular weight is 407 g/mol. The van der Waals surface area contributed by atoms with E-state index in [-0.39, 0.29) is 23.8 Å². The number of thiazole rings is 1. The normalized spacial score (nSPS) is 16.7. The molecule has 5 rings (SSSR count). The number of rotatable bonds is 2. The predicted octanol–water partition coefficient (Wildman–Crippen LogP) is 1.02. The van der Waals surface area contributed by atoms with E-state index in [0.29, 0.717) is 32.8 Å². The lowest BCUT2D eigenvalue weighted by Gasteiger charge is -2.25. The lowest BCUT2D eigenvalue weighted by atomic mass is 10.1. The number of anilines is 2. The highest BCUT2D eigenvalue weighted by Gasteiger charge is 2.27. The zero-order valence-electron chi connectivity index (χ0n) is 14.9. The molecule has 3 heterocycles. The minimum absolute atomic E-state index is 0.000634. The van der Waals surface area contributed by atoms with Crippen molar-refractivity contribution in [3.8, 4) is 0 Å². The van der Waals surface area contributed by atoms with Crippen molar-refractivity contribution in [2.45, 2.75) is 6.67 Å². The number of nitrogens with one attached hydrogen (secondary N) is 1. The molecule has 0 spiro atoms. The first-order chi connectivity index (χ1) is 14.0. The van der Waals surface area contributed by atoms with Gasteiger partial charge in [-0.15, -0.1) is 0 Å². The monoisotopic (exact) mass is 407 g/mol. The molecule has 1 N–H and O–H groups in total. The fourth-order valence-corrected chi connectivity index (χ4v) is 4.51. The number of hydrogen-bond acceptors (Lipinski definition) is 7. The van der Waals surface area contributed by atoms with E-state index in [1.54, 1.807) is 18.2 Å². The van der Waals surface area contributed by atoms with Crippen LogP contribution in [0.4, 0.5) is 17.1 Å². The summed E-state index contributed by atoms with van der Waals surface area (Å²) in [6, 6.07) is 13.4. The number of carbonyl (C=O) groups excluding carboxylic acids is 1. The number of benzene rings is 2. The third-order valence-corrected chi connectivity index (χ3v) is 5.99. The number of aromatic nitrogens is 1. The second-order valence-corrected chi connectivity index (χ2v) is 7.55. The van der Waals surface area contributed by atoms with Gasteiger partial charge in [-0.05, 0) is 18.2 Å². The summed E-state index contributed by atoms with van der Waals surface area (Å²) in [5, 5.41) is 13.6. The summed E-state index contributed by atoms with van der Waals surface area (Å²) in [7, 11) is 0. The highest BCUT2D eigenvalue weighted by Crippen LogP contribution is 2.29. The van der Waals surface area contributed by atoms with Crippen molar-refractivity contribution >= 4 is 39.9 Å². The van der Waals surface area contributed by atoms with Gasteiger partial charge in [0.2, 0.25) is 0 Å². The fourth-order valence-electron chi connectivity index (χ4n) is 3.45. The van der Waals surface area contributed by atoms with Crippen molar-refractivity contribution < 1.29 is 9.72 Å². The van der Waals surface area contributed by atoms with Gasteiger partial charge in [-0.3, -0.25) is 24.3 Å². The van der Waals surface area contributed by atoms with Gasteiger partial charge in [0.25, 0.3) is 17.2 Å². The van der Waals surface area contributed by atoms with E-state index in [1.165, 1.54) is 28.0 Å². The van der Waals surface area contributed by atoms with Crippen LogP contribution in [0.15, 0.2) is 58.3 Å². The molecule has 0 saturated heterocycles. The molecular weight excluding hydrogens is 394 g/mol. The largest absolute Gasteiger partial charge is 0.334 e. The van der Waals surface area contributed by atoms with Crippen molar-refractivity contribution in [3.05, 3.63) is 83.9 Å². The van der Waals surface area contributed by atoms with Gasteiger partial charge in [-0.25, -0.2) is 4.99 Å². The third kappa shape index (κ3) is 2.72. The van der Waals surface area contributed by atoms with Gasteiger partial charge in [0.05, 0.1) is 10.5 Å². The van der Waals surface area contributed by atoms with Crippen LogP contribution in [0.25, 0.3) is 5.57 Å². The van der Waals surface area contributed by atoms with E-state index in [2.05, 4.69) is 10.3 Å². The summed E-state index contributed by atoms with van der Waals surface area (Å²) >= 11 is 1.20. The molecule has 0 saturated carbocycles. The van der Waals surface area contributed by atoms with Crippen LogP contribution in [0.2, 0.25) is 0 Å². The molecule has 0 bridgehead atoms. The molecule has 0 aliphatic carbocycles. The van der Waals surface area contributed by atoms with Crippen LogP contribution in [-0.2, 0) is 11.5 Å². The topological polar surface area (TPSA) is 110 Å². The molecule has 2 aromatic carbocycles. The smallest absolute Gasteiger partial charge is 0.272 e. The standard InChI is InChI=1S/C19H13N5O4S/c25-17-15(13-3-1-2-4-14(13)21-17)16-18(26)23-10-22(9-20-19(23)29-16)11-5-7-12(8-6-11)24(27)28/h1-8H,9-10H2,(H,21,25). The van der Waals surface area contributed by atoms with Crippen LogP contribution in [-0.4, -0.2) is 22.1 Å². The minimum atomic E-state index is -0.459. The van der Waals surface area contributed by atoms with Crippen molar-refractivity contribution in [1.82, 2.24) is 4.57 Å². The Morgan fingerprint density at radius 3 is 2.62 bits per heavy atom. The molecule has 3 aromatic rings. The van der Waals surface area contributed by atoms with Crippen molar-refractivity contribution in [2.75, 3.05) is 16.9 Å². The Morgan fingerprint density at radius 1 is 1.10 bits per heavy atom. The minimum Gasteiger partial charge on any atom is -0.334 e. The second-order valence-electron chi connectivity index (χ2n) is 6.58. The predicted molar refractivity (Wildman–Crippen MR) is 107 cm³/mol. The first kappa shape index (κ1) is 17.3. The van der Waals surface area contributed by atoms with E-state index in [9.17, 15) is 19.7 Å². The van der Waals surface area contributed by atoms with Crippen molar-refractivity contribution in [1.29, 1.82) is 0 Å². The number of carbonyl (C=O) groups is 1. The Kier molecular flexibility index (Phi) is 3.81. The summed E-state index contributed by atoms with van der Waals surface area (Å²) in [4.78, 5) is 42.8. The number of amides is 1. The molecule has 144 valence electrons. The maximum absolute atomic E-state index is 13.1. The Hall–Kier alpha value is -3.79. The molecular formula is C19H13N5O4S. The van der Waals surface area contributed by atoms with Crippen LogP contribution in [0, 0.1) is 10.1 Å². The molecule has 9 nitrogen and oxygen atoms in total. The molecule has 0 unspecified atom stereocenters. The molecule has 10 heteroatoms. The van der Waals surface area contributed by atoms with Gasteiger partial charge in [0.15, 0.2) is 4.80 Å². The maximum atomic E-state index is 13.1. The molecule has 1 aromatic heterocycles. The number of non-ortho nitro benzene ring substituents is 1. The Morgan fingerprint density at radius 2 is 1.86 bits per heavy atom. The second kappa shape index (κ2) is 6.38. The number of nitrogens with zero attached hydrogens (tertiary/aromatic N) is 4. The molecule has 2 aliphatic heterocycles. The molecule has 2 aliphatic rings. The number of nitro benzene ring substituents is 1. The zero-order valence-corrected chi connectivity index (χ0v) is 15.7. The van der Waals surface area contributed by atoms with Gasteiger partial charge >= 0.3 is 0 Å². The average Bonchev–Trinajstić information content (AvgIpc) is 3.23. The third-order valence-electron chi connectivity index (χ3n) is 4.88.